The maximum Gasteiger partial charge on any atom is 0.0363 e. The highest BCUT2D eigenvalue weighted by Gasteiger charge is 2.18. The van der Waals surface area contributed by atoms with Gasteiger partial charge in [-0.3, -0.25) is 0 Å². The number of nitrogens with zero attached hydrogens (tertiary/aromatic N) is 1. The molecule has 1 aromatic carbocycles. The zero-order valence-electron chi connectivity index (χ0n) is 12.5. The van der Waals surface area contributed by atoms with E-state index in [1.807, 2.05) is 0 Å². The molecule has 2 N–H and O–H groups in total. The number of hydrogen-bond donors (Lipinski definition) is 1. The maximum atomic E-state index is 5.79. The lowest BCUT2D eigenvalue weighted by molar-refractivity contribution is 0.385. The molecule has 0 amide bonds. The molecule has 0 heterocycles. The van der Waals surface area contributed by atoms with Crippen molar-refractivity contribution in [1.29, 1.82) is 0 Å². The molecule has 0 radical (unpaired) electrons. The quantitative estimate of drug-likeness (QED) is 0.833. The second-order valence-electron chi connectivity index (χ2n) is 6.13. The Morgan fingerprint density at radius 2 is 1.78 bits per heavy atom. The molecule has 0 aromatic heterocycles. The van der Waals surface area contributed by atoms with Gasteiger partial charge in [0.25, 0.3) is 0 Å². The number of anilines is 1. The fourth-order valence-electron chi connectivity index (χ4n) is 2.09. The molecule has 102 valence electrons. The van der Waals surface area contributed by atoms with Gasteiger partial charge in [-0.2, -0.15) is 0 Å². The van der Waals surface area contributed by atoms with Crippen molar-refractivity contribution in [1.82, 2.24) is 0 Å². The zero-order valence-corrected chi connectivity index (χ0v) is 12.5. The molecule has 1 aromatic rings. The minimum Gasteiger partial charge on any atom is -0.374 e. The van der Waals surface area contributed by atoms with Crippen molar-refractivity contribution in [2.24, 2.45) is 11.1 Å². The molecule has 0 fully saturated rings. The second kappa shape index (κ2) is 6.24. The Morgan fingerprint density at radius 1 is 1.22 bits per heavy atom. The molecule has 18 heavy (non-hydrogen) atoms. The van der Waals surface area contributed by atoms with Gasteiger partial charge in [-0.25, -0.2) is 0 Å². The molecule has 0 saturated carbocycles. The van der Waals surface area contributed by atoms with Gasteiger partial charge in [-0.1, -0.05) is 39.8 Å². The minimum atomic E-state index is 0.157. The van der Waals surface area contributed by atoms with Gasteiger partial charge in [0.05, 0.1) is 0 Å². The van der Waals surface area contributed by atoms with E-state index in [9.17, 15) is 0 Å². The molecule has 0 aliphatic rings. The first-order valence-electron chi connectivity index (χ1n) is 6.91. The van der Waals surface area contributed by atoms with Crippen LogP contribution >= 0.6 is 0 Å². The van der Waals surface area contributed by atoms with Crippen LogP contribution in [-0.4, -0.2) is 20.1 Å². The average Bonchev–Trinajstić information content (AvgIpc) is 2.37. The Balaban J connectivity index is 2.73. The first-order chi connectivity index (χ1) is 8.39. The van der Waals surface area contributed by atoms with E-state index in [0.717, 1.165) is 6.54 Å². The highest BCUT2D eigenvalue weighted by atomic mass is 15.1. The molecule has 0 aliphatic heterocycles. The van der Waals surface area contributed by atoms with Gasteiger partial charge in [0.2, 0.25) is 0 Å². The van der Waals surface area contributed by atoms with Crippen LogP contribution in [0, 0.1) is 5.41 Å². The van der Waals surface area contributed by atoms with Crippen LogP contribution in [0.5, 0.6) is 0 Å². The monoisotopic (exact) mass is 248 g/mol. The van der Waals surface area contributed by atoms with Gasteiger partial charge in [0, 0.05) is 19.3 Å². The Kier molecular flexibility index (Phi) is 5.21. The first-order valence-corrected chi connectivity index (χ1v) is 6.91. The molecule has 0 aliphatic carbocycles. The van der Waals surface area contributed by atoms with E-state index in [4.69, 9.17) is 5.73 Å². The van der Waals surface area contributed by atoms with Crippen LogP contribution in [0.3, 0.4) is 0 Å². The summed E-state index contributed by atoms with van der Waals surface area (Å²) >= 11 is 0. The van der Waals surface area contributed by atoms with Gasteiger partial charge in [-0.05, 0) is 42.0 Å². The Morgan fingerprint density at radius 3 is 2.22 bits per heavy atom. The largest absolute Gasteiger partial charge is 0.374 e. The van der Waals surface area contributed by atoms with E-state index < -0.39 is 0 Å². The van der Waals surface area contributed by atoms with Crippen LogP contribution in [0.2, 0.25) is 0 Å². The van der Waals surface area contributed by atoms with Crippen molar-refractivity contribution in [3.63, 3.8) is 0 Å². The molecular weight excluding hydrogens is 220 g/mol. The molecule has 1 rings (SSSR count). The summed E-state index contributed by atoms with van der Waals surface area (Å²) in [6.45, 7) is 10.6. The van der Waals surface area contributed by atoms with E-state index in [0.29, 0.717) is 12.5 Å². The van der Waals surface area contributed by atoms with E-state index >= 15 is 0 Å². The third-order valence-electron chi connectivity index (χ3n) is 3.73. The van der Waals surface area contributed by atoms with E-state index in [-0.39, 0.29) is 5.41 Å². The smallest absolute Gasteiger partial charge is 0.0363 e. The molecule has 1 unspecified atom stereocenters. The van der Waals surface area contributed by atoms with Crippen LogP contribution in [-0.2, 0) is 0 Å². The average molecular weight is 248 g/mol. The highest BCUT2D eigenvalue weighted by molar-refractivity contribution is 5.47. The molecular formula is C16H28N2. The summed E-state index contributed by atoms with van der Waals surface area (Å²) in [6, 6.07) is 8.92. The Bertz CT molecular complexity index is 354. The van der Waals surface area contributed by atoms with Gasteiger partial charge in [0.15, 0.2) is 0 Å². The van der Waals surface area contributed by atoms with Crippen molar-refractivity contribution < 1.29 is 0 Å². The number of rotatable bonds is 6. The summed E-state index contributed by atoms with van der Waals surface area (Å²) in [5.74, 6) is 0.643. The van der Waals surface area contributed by atoms with E-state index in [1.54, 1.807) is 0 Å². The third kappa shape index (κ3) is 4.02. The van der Waals surface area contributed by atoms with Gasteiger partial charge in [0.1, 0.15) is 0 Å². The number of hydrogen-bond acceptors (Lipinski definition) is 2. The standard InChI is InChI=1S/C16H28N2/c1-6-13(2)14-7-9-15(10-8-14)18(5)12-16(3,4)11-17/h7-10,13H,6,11-12,17H2,1-5H3. The summed E-state index contributed by atoms with van der Waals surface area (Å²) in [4.78, 5) is 2.28. The van der Waals surface area contributed by atoms with Crippen molar-refractivity contribution in [3.05, 3.63) is 29.8 Å². The number of nitrogens with two attached hydrogens (primary N) is 1. The molecule has 0 saturated heterocycles. The van der Waals surface area contributed by atoms with E-state index in [1.165, 1.54) is 17.7 Å². The van der Waals surface area contributed by atoms with E-state index in [2.05, 4.69) is 63.9 Å². The third-order valence-corrected chi connectivity index (χ3v) is 3.73. The predicted octanol–water partition coefficient (Wildman–Crippen LogP) is 3.62. The summed E-state index contributed by atoms with van der Waals surface area (Å²) in [7, 11) is 2.13. The van der Waals surface area contributed by atoms with Crippen molar-refractivity contribution in [2.45, 2.75) is 40.0 Å². The lowest BCUT2D eigenvalue weighted by Crippen LogP contribution is -2.36. The van der Waals surface area contributed by atoms with Crippen LogP contribution in [0.15, 0.2) is 24.3 Å². The van der Waals surface area contributed by atoms with Crippen LogP contribution in [0.1, 0.15) is 45.6 Å². The summed E-state index contributed by atoms with van der Waals surface area (Å²) in [6.07, 6.45) is 1.19. The van der Waals surface area contributed by atoms with Crippen molar-refractivity contribution in [3.8, 4) is 0 Å². The van der Waals surface area contributed by atoms with Crippen LogP contribution in [0.25, 0.3) is 0 Å². The Labute approximate surface area is 112 Å². The Hall–Kier alpha value is -1.02. The predicted molar refractivity (Wildman–Crippen MR) is 81.3 cm³/mol. The SMILES string of the molecule is CCC(C)c1ccc(N(C)CC(C)(C)CN)cc1. The van der Waals surface area contributed by atoms with Crippen LogP contribution < -0.4 is 10.6 Å². The van der Waals surface area contributed by atoms with Gasteiger partial charge < -0.3 is 10.6 Å². The molecule has 1 atom stereocenters. The topological polar surface area (TPSA) is 29.3 Å². The van der Waals surface area contributed by atoms with Gasteiger partial charge in [-0.15, -0.1) is 0 Å². The van der Waals surface area contributed by atoms with Gasteiger partial charge >= 0.3 is 0 Å². The lowest BCUT2D eigenvalue weighted by Gasteiger charge is -2.30. The van der Waals surface area contributed by atoms with Crippen molar-refractivity contribution >= 4 is 5.69 Å². The second-order valence-corrected chi connectivity index (χ2v) is 6.13. The molecule has 0 bridgehead atoms. The summed E-state index contributed by atoms with van der Waals surface area (Å²) in [5.41, 5.74) is 8.64. The maximum absolute atomic E-state index is 5.79. The molecule has 2 nitrogen and oxygen atoms in total. The van der Waals surface area contributed by atoms with Crippen molar-refractivity contribution in [2.75, 3.05) is 25.0 Å². The fraction of sp³-hybridized carbons (Fsp3) is 0.625. The zero-order chi connectivity index (χ0) is 13.8. The summed E-state index contributed by atoms with van der Waals surface area (Å²) in [5, 5.41) is 0. The fourth-order valence-corrected chi connectivity index (χ4v) is 2.09. The highest BCUT2D eigenvalue weighted by Crippen LogP contribution is 2.24. The minimum absolute atomic E-state index is 0.157. The summed E-state index contributed by atoms with van der Waals surface area (Å²) < 4.78 is 0. The normalized spacial score (nSPS) is 13.4. The van der Waals surface area contributed by atoms with Crippen LogP contribution in [0.4, 0.5) is 5.69 Å². The molecule has 2 heteroatoms. The first kappa shape index (κ1) is 15.0. The lowest BCUT2D eigenvalue weighted by atomic mass is 9.93. The molecule has 0 spiro atoms. The number of benzene rings is 1.